The third-order valence-electron chi connectivity index (χ3n) is 9.15. The van der Waals surface area contributed by atoms with Crippen LogP contribution in [0.4, 0.5) is 0 Å². The molecule has 0 aliphatic heterocycles. The predicted octanol–water partition coefficient (Wildman–Crippen LogP) is 5.23. The van der Waals surface area contributed by atoms with Crippen LogP contribution in [0.25, 0.3) is 0 Å². The van der Waals surface area contributed by atoms with Crippen LogP contribution in [-0.2, 0) is 12.8 Å². The van der Waals surface area contributed by atoms with Crippen molar-refractivity contribution in [1.82, 2.24) is 0 Å². The maximum absolute atomic E-state index is 2.56. The molecule has 2 fully saturated rings. The smallest absolute Gasteiger partial charge is 0.00561 e. The first-order chi connectivity index (χ1) is 11.7. The summed E-state index contributed by atoms with van der Waals surface area (Å²) < 4.78 is 0. The Hall–Kier alpha value is -1.30. The third kappa shape index (κ3) is 1.23. The van der Waals surface area contributed by atoms with Crippen LogP contribution in [0.2, 0.25) is 0 Å². The zero-order chi connectivity index (χ0) is 15.7. The zero-order valence-electron chi connectivity index (χ0n) is 14.8. The maximum Gasteiger partial charge on any atom is -0.00561 e. The second kappa shape index (κ2) is 3.92. The molecule has 8 atom stereocenters. The molecule has 122 valence electrons. The summed E-state index contributed by atoms with van der Waals surface area (Å²) in [5.74, 6) is 7.10. The molecule has 24 heavy (non-hydrogen) atoms. The largest absolute Gasteiger partial charge is 0.0848 e. The van der Waals surface area contributed by atoms with E-state index in [1.807, 2.05) is 11.1 Å². The molecule has 7 rings (SSSR count). The van der Waals surface area contributed by atoms with Gasteiger partial charge in [0.05, 0.1) is 0 Å². The number of hydrogen-bond donors (Lipinski definition) is 0. The fraction of sp³-hybridized carbons (Fsp3) is 0.583. The summed E-state index contributed by atoms with van der Waals surface area (Å²) in [6, 6.07) is 0. The van der Waals surface area contributed by atoms with Gasteiger partial charge in [-0.2, -0.15) is 0 Å². The Balaban J connectivity index is 1.45. The molecule has 0 heteroatoms. The topological polar surface area (TPSA) is 0 Å². The van der Waals surface area contributed by atoms with Gasteiger partial charge in [0.25, 0.3) is 0 Å². The molecule has 0 amide bonds. The summed E-state index contributed by atoms with van der Waals surface area (Å²) in [4.78, 5) is 0. The van der Waals surface area contributed by atoms with Crippen molar-refractivity contribution in [1.29, 1.82) is 0 Å². The molecule has 0 N–H and O–H groups in total. The van der Waals surface area contributed by atoms with Gasteiger partial charge in [0.15, 0.2) is 0 Å². The number of allylic oxidation sites excluding steroid dienone is 4. The van der Waals surface area contributed by atoms with Crippen LogP contribution < -0.4 is 0 Å². The van der Waals surface area contributed by atoms with Gasteiger partial charge in [-0.3, -0.25) is 0 Å². The monoisotopic (exact) mass is 314 g/mol. The number of hydrogen-bond acceptors (Lipinski definition) is 0. The SMILES string of the molecule is Cc1c2c(c(C)c3c1C1C4C=CC(C4)C1C3)C1C3C=CC(C3)C1C2. The van der Waals surface area contributed by atoms with Crippen molar-refractivity contribution in [3.8, 4) is 0 Å². The van der Waals surface area contributed by atoms with Crippen LogP contribution in [0.3, 0.4) is 0 Å². The first-order valence-corrected chi connectivity index (χ1v) is 10.2. The van der Waals surface area contributed by atoms with Crippen LogP contribution in [0, 0.1) is 49.4 Å². The van der Waals surface area contributed by atoms with E-state index in [0.717, 1.165) is 47.3 Å². The molecule has 0 spiro atoms. The normalized spacial score (nSPS) is 47.4. The molecule has 0 radical (unpaired) electrons. The highest BCUT2D eigenvalue weighted by atomic mass is 14.6. The van der Waals surface area contributed by atoms with E-state index in [1.165, 1.54) is 25.7 Å². The summed E-state index contributed by atoms with van der Waals surface area (Å²) in [7, 11) is 0. The number of fused-ring (bicyclic) bond motifs is 14. The van der Waals surface area contributed by atoms with E-state index in [9.17, 15) is 0 Å². The number of benzene rings is 1. The van der Waals surface area contributed by atoms with Crippen molar-refractivity contribution in [3.05, 3.63) is 57.7 Å². The van der Waals surface area contributed by atoms with Crippen molar-refractivity contribution >= 4 is 0 Å². The van der Waals surface area contributed by atoms with Gasteiger partial charge in [-0.15, -0.1) is 0 Å². The van der Waals surface area contributed by atoms with Crippen LogP contribution in [0.15, 0.2) is 24.3 Å². The molecule has 6 aliphatic carbocycles. The average molecular weight is 314 g/mol. The second-order valence-corrected chi connectivity index (χ2v) is 9.72. The highest BCUT2D eigenvalue weighted by Crippen LogP contribution is 2.64. The van der Waals surface area contributed by atoms with Gasteiger partial charge in [0.1, 0.15) is 0 Å². The lowest BCUT2D eigenvalue weighted by Crippen LogP contribution is -2.14. The Kier molecular flexibility index (Phi) is 2.12. The summed E-state index contributed by atoms with van der Waals surface area (Å²) >= 11 is 0. The Labute approximate surface area is 145 Å². The molecule has 0 saturated heterocycles. The quantitative estimate of drug-likeness (QED) is 0.575. The van der Waals surface area contributed by atoms with E-state index in [2.05, 4.69) is 38.2 Å². The van der Waals surface area contributed by atoms with Gasteiger partial charge in [0.2, 0.25) is 0 Å². The number of rotatable bonds is 0. The van der Waals surface area contributed by atoms with E-state index in [4.69, 9.17) is 0 Å². The van der Waals surface area contributed by atoms with Gasteiger partial charge in [-0.25, -0.2) is 0 Å². The standard InChI is InChI=1S/C24H26/c1-11-17-9-19-13-4-6-16(8-13)24(19)22(17)12(2)18-10-20-14-3-5-15(7-14)23(20)21(11)18/h3-6,13-16,19-20,23-24H,7-10H2,1-2H3. The molecule has 6 aliphatic rings. The van der Waals surface area contributed by atoms with Crippen molar-refractivity contribution in [2.45, 2.75) is 51.4 Å². The van der Waals surface area contributed by atoms with Crippen LogP contribution in [-0.4, -0.2) is 0 Å². The molecule has 1 aromatic carbocycles. The van der Waals surface area contributed by atoms with Gasteiger partial charge in [-0.05, 0) is 120 Å². The Bertz CT molecular complexity index is 782. The van der Waals surface area contributed by atoms with E-state index in [0.29, 0.717) is 0 Å². The van der Waals surface area contributed by atoms with Gasteiger partial charge >= 0.3 is 0 Å². The van der Waals surface area contributed by atoms with E-state index in [-0.39, 0.29) is 0 Å². The van der Waals surface area contributed by atoms with Crippen molar-refractivity contribution in [3.63, 3.8) is 0 Å². The second-order valence-electron chi connectivity index (χ2n) is 9.72. The molecule has 0 heterocycles. The Morgan fingerprint density at radius 1 is 0.625 bits per heavy atom. The lowest BCUT2D eigenvalue weighted by atomic mass is 9.79. The van der Waals surface area contributed by atoms with Crippen molar-refractivity contribution < 1.29 is 0 Å². The highest BCUT2D eigenvalue weighted by Gasteiger charge is 2.54. The third-order valence-corrected chi connectivity index (χ3v) is 9.15. The minimum absolute atomic E-state index is 0.858. The van der Waals surface area contributed by atoms with Crippen molar-refractivity contribution in [2.24, 2.45) is 35.5 Å². The maximum atomic E-state index is 2.56. The molecule has 4 bridgehead atoms. The molecule has 0 aromatic heterocycles. The van der Waals surface area contributed by atoms with Crippen LogP contribution >= 0.6 is 0 Å². The Morgan fingerprint density at radius 2 is 1.04 bits per heavy atom. The van der Waals surface area contributed by atoms with E-state index in [1.54, 1.807) is 22.3 Å². The first-order valence-electron chi connectivity index (χ1n) is 10.2. The van der Waals surface area contributed by atoms with Gasteiger partial charge in [0, 0.05) is 0 Å². The average Bonchev–Trinajstić information content (AvgIpc) is 3.39. The first kappa shape index (κ1) is 13.0. The molecule has 0 nitrogen and oxygen atoms in total. The van der Waals surface area contributed by atoms with Gasteiger partial charge < -0.3 is 0 Å². The lowest BCUT2D eigenvalue weighted by molar-refractivity contribution is 0.420. The molecule has 1 aromatic rings. The summed E-state index contributed by atoms with van der Waals surface area (Å²) in [6.45, 7) is 4.98. The van der Waals surface area contributed by atoms with Crippen molar-refractivity contribution in [2.75, 3.05) is 0 Å². The predicted molar refractivity (Wildman–Crippen MR) is 97.3 cm³/mol. The van der Waals surface area contributed by atoms with Crippen LogP contribution in [0.1, 0.15) is 58.1 Å². The summed E-state index contributed by atoms with van der Waals surface area (Å²) in [6.07, 6.45) is 15.9. The minimum atomic E-state index is 0.858. The van der Waals surface area contributed by atoms with Crippen LogP contribution in [0.5, 0.6) is 0 Å². The molecule has 2 saturated carbocycles. The molecule has 8 unspecified atom stereocenters. The van der Waals surface area contributed by atoms with E-state index < -0.39 is 0 Å². The fourth-order valence-corrected chi connectivity index (χ4v) is 8.34. The van der Waals surface area contributed by atoms with E-state index >= 15 is 0 Å². The fourth-order valence-electron chi connectivity index (χ4n) is 8.34. The van der Waals surface area contributed by atoms with Gasteiger partial charge in [-0.1, -0.05) is 24.3 Å². The molecular weight excluding hydrogens is 288 g/mol. The summed E-state index contributed by atoms with van der Waals surface area (Å²) in [5, 5.41) is 0. The lowest BCUT2D eigenvalue weighted by Gasteiger charge is -2.25. The summed E-state index contributed by atoms with van der Waals surface area (Å²) in [5.41, 5.74) is 10.7. The zero-order valence-corrected chi connectivity index (χ0v) is 14.8. The minimum Gasteiger partial charge on any atom is -0.0848 e. The Morgan fingerprint density at radius 3 is 1.50 bits per heavy atom. The highest BCUT2D eigenvalue weighted by molar-refractivity contribution is 5.60. The molecular formula is C24H26.